The highest BCUT2D eigenvalue weighted by Crippen LogP contribution is 2.12. The van der Waals surface area contributed by atoms with Crippen LogP contribution in [0.15, 0.2) is 44.4 Å². The molecule has 0 bridgehead atoms. The van der Waals surface area contributed by atoms with Gasteiger partial charge in [0.15, 0.2) is 5.69 Å². The molecule has 3 heterocycles. The van der Waals surface area contributed by atoms with Crippen LogP contribution in [0.25, 0.3) is 17.2 Å². The Kier molecular flexibility index (Phi) is 5.53. The van der Waals surface area contributed by atoms with Crippen LogP contribution in [0.3, 0.4) is 0 Å². The lowest BCUT2D eigenvalue weighted by Crippen LogP contribution is -2.41. The van der Waals surface area contributed by atoms with Crippen LogP contribution in [0.1, 0.15) is 30.5 Å². The molecule has 1 fully saturated rings. The highest BCUT2D eigenvalue weighted by atomic mass is 16.5. The summed E-state index contributed by atoms with van der Waals surface area (Å²) in [4.78, 5) is 41.7. The van der Waals surface area contributed by atoms with Crippen LogP contribution in [0.4, 0.5) is 0 Å². The van der Waals surface area contributed by atoms with Gasteiger partial charge in [0.2, 0.25) is 5.82 Å². The Balaban J connectivity index is 1.66. The minimum atomic E-state index is -0.665. The largest absolute Gasteiger partial charge is 0.376 e. The molecule has 1 amide bonds. The maximum atomic E-state index is 12.7. The summed E-state index contributed by atoms with van der Waals surface area (Å²) in [7, 11) is 0. The summed E-state index contributed by atoms with van der Waals surface area (Å²) in [5.41, 5.74) is -0.969. The fourth-order valence-electron chi connectivity index (χ4n) is 3.17. The first kappa shape index (κ1) is 19.7. The molecule has 2 aromatic heterocycles. The molecule has 30 heavy (non-hydrogen) atoms. The number of benzene rings is 1. The summed E-state index contributed by atoms with van der Waals surface area (Å²) in [5.74, 6) is -1.05. The van der Waals surface area contributed by atoms with Crippen LogP contribution in [-0.2, 0) is 11.3 Å². The number of nitrogens with zero attached hydrogens (tertiary/aromatic N) is 5. The van der Waals surface area contributed by atoms with Crippen molar-refractivity contribution in [3.63, 3.8) is 0 Å². The van der Waals surface area contributed by atoms with Crippen LogP contribution < -0.4 is 16.6 Å². The molecule has 1 aromatic carbocycles. The van der Waals surface area contributed by atoms with Gasteiger partial charge in [0, 0.05) is 19.7 Å². The lowest BCUT2D eigenvalue weighted by Gasteiger charge is -2.09. The van der Waals surface area contributed by atoms with Gasteiger partial charge in [-0.2, -0.15) is 14.8 Å². The predicted octanol–water partition coefficient (Wildman–Crippen LogP) is 0.373. The average molecular weight is 412 g/mol. The first-order chi connectivity index (χ1) is 14.6. The van der Waals surface area contributed by atoms with E-state index in [9.17, 15) is 14.4 Å². The van der Waals surface area contributed by atoms with Crippen molar-refractivity contribution >= 4 is 5.91 Å². The number of carbonyl (C=O) groups is 1. The molecule has 1 atom stereocenters. The Bertz CT molecular complexity index is 1160. The van der Waals surface area contributed by atoms with E-state index in [0.29, 0.717) is 18.8 Å². The Labute approximate surface area is 170 Å². The highest BCUT2D eigenvalue weighted by molar-refractivity contribution is 5.89. The predicted molar refractivity (Wildman–Crippen MR) is 104 cm³/mol. The molecule has 0 aliphatic carbocycles. The Morgan fingerprint density at radius 2 is 2.07 bits per heavy atom. The molecule has 11 nitrogen and oxygen atoms in total. The van der Waals surface area contributed by atoms with E-state index in [2.05, 4.69) is 20.6 Å². The third-order valence-corrected chi connectivity index (χ3v) is 4.72. The Morgan fingerprint density at radius 3 is 2.77 bits per heavy atom. The lowest BCUT2D eigenvalue weighted by atomic mass is 10.2. The van der Waals surface area contributed by atoms with Crippen molar-refractivity contribution in [2.45, 2.75) is 32.4 Å². The molecule has 156 valence electrons. The molecule has 1 aliphatic heterocycles. The van der Waals surface area contributed by atoms with Gasteiger partial charge in [-0.25, -0.2) is 4.79 Å². The topological polar surface area (TPSA) is 134 Å². The number of nitrogens with one attached hydrogen (secondary N) is 1. The molecule has 0 spiro atoms. The van der Waals surface area contributed by atoms with E-state index in [4.69, 9.17) is 9.26 Å². The van der Waals surface area contributed by atoms with Gasteiger partial charge in [-0.3, -0.25) is 14.2 Å². The van der Waals surface area contributed by atoms with E-state index in [-0.39, 0.29) is 30.1 Å². The van der Waals surface area contributed by atoms with Crippen molar-refractivity contribution in [2.24, 2.45) is 0 Å². The SMILES string of the molecule is CCn1c(=O)c(-c2noc(C(=O)NC[C@H]3CCCO3)n2)nn(-c2ccccc2)c1=O. The van der Waals surface area contributed by atoms with Crippen LogP contribution in [0.2, 0.25) is 0 Å². The number of hydrogen-bond donors (Lipinski definition) is 1. The second kappa shape index (κ2) is 8.41. The normalized spacial score (nSPS) is 16.0. The van der Waals surface area contributed by atoms with Crippen LogP contribution in [0, 0.1) is 0 Å². The highest BCUT2D eigenvalue weighted by Gasteiger charge is 2.23. The zero-order valence-electron chi connectivity index (χ0n) is 16.3. The Hall–Kier alpha value is -3.60. The monoisotopic (exact) mass is 412 g/mol. The van der Waals surface area contributed by atoms with Gasteiger partial charge >= 0.3 is 17.5 Å². The quantitative estimate of drug-likeness (QED) is 0.614. The Morgan fingerprint density at radius 1 is 1.27 bits per heavy atom. The van der Waals surface area contributed by atoms with Gasteiger partial charge in [0.05, 0.1) is 11.8 Å². The van der Waals surface area contributed by atoms with E-state index in [1.807, 2.05) is 0 Å². The number of carbonyl (C=O) groups excluding carboxylic acids is 1. The molecule has 0 saturated carbocycles. The fraction of sp³-hybridized carbons (Fsp3) is 0.368. The van der Waals surface area contributed by atoms with Crippen molar-refractivity contribution < 1.29 is 14.1 Å². The van der Waals surface area contributed by atoms with Crippen molar-refractivity contribution in [2.75, 3.05) is 13.2 Å². The van der Waals surface area contributed by atoms with Crippen LogP contribution in [-0.4, -0.2) is 49.7 Å². The number of rotatable bonds is 6. The summed E-state index contributed by atoms with van der Waals surface area (Å²) in [6, 6.07) is 8.66. The number of para-hydroxylation sites is 1. The molecule has 3 aromatic rings. The number of amides is 1. The van der Waals surface area contributed by atoms with Gasteiger partial charge < -0.3 is 14.6 Å². The third kappa shape index (κ3) is 3.79. The van der Waals surface area contributed by atoms with Crippen molar-refractivity contribution in [1.82, 2.24) is 29.8 Å². The number of hydrogen-bond acceptors (Lipinski definition) is 8. The maximum absolute atomic E-state index is 12.7. The zero-order valence-corrected chi connectivity index (χ0v) is 16.3. The first-order valence-corrected chi connectivity index (χ1v) is 9.62. The number of aromatic nitrogens is 5. The molecule has 0 radical (unpaired) electrons. The molecule has 1 saturated heterocycles. The van der Waals surface area contributed by atoms with E-state index < -0.39 is 17.2 Å². The fourth-order valence-corrected chi connectivity index (χ4v) is 3.17. The van der Waals surface area contributed by atoms with Crippen LogP contribution >= 0.6 is 0 Å². The minimum absolute atomic E-state index is 0.0378. The lowest BCUT2D eigenvalue weighted by molar-refractivity contribution is 0.0822. The summed E-state index contributed by atoms with van der Waals surface area (Å²) >= 11 is 0. The van der Waals surface area contributed by atoms with E-state index in [0.717, 1.165) is 22.1 Å². The third-order valence-electron chi connectivity index (χ3n) is 4.72. The molecule has 4 rings (SSSR count). The second-order valence-corrected chi connectivity index (χ2v) is 6.70. The standard InChI is InChI=1S/C19H20N6O5/c1-2-24-18(27)14(22-25(19(24)28)12-7-4-3-5-8-12)15-21-17(30-23-15)16(26)20-11-13-9-6-10-29-13/h3-5,7-8,13H,2,6,9-11H2,1H3,(H,20,26)/t13-/m1/s1. The van der Waals surface area contributed by atoms with Gasteiger partial charge in [0.25, 0.3) is 5.56 Å². The average Bonchev–Trinajstić information content (AvgIpc) is 3.46. The molecule has 11 heteroatoms. The smallest absolute Gasteiger partial charge is 0.352 e. The summed E-state index contributed by atoms with van der Waals surface area (Å²) in [6.07, 6.45) is 1.79. The summed E-state index contributed by atoms with van der Waals surface area (Å²) in [5, 5.41) is 10.5. The zero-order chi connectivity index (χ0) is 21.1. The summed E-state index contributed by atoms with van der Waals surface area (Å²) < 4.78 is 12.6. The molecule has 0 unspecified atom stereocenters. The molecular formula is C19H20N6O5. The van der Waals surface area contributed by atoms with Gasteiger partial charge in [-0.1, -0.05) is 23.4 Å². The van der Waals surface area contributed by atoms with E-state index in [1.165, 1.54) is 0 Å². The minimum Gasteiger partial charge on any atom is -0.376 e. The summed E-state index contributed by atoms with van der Waals surface area (Å²) in [6.45, 7) is 2.81. The van der Waals surface area contributed by atoms with Crippen molar-refractivity contribution in [1.29, 1.82) is 0 Å². The van der Waals surface area contributed by atoms with E-state index >= 15 is 0 Å². The van der Waals surface area contributed by atoms with Gasteiger partial charge in [-0.05, 0) is 31.9 Å². The van der Waals surface area contributed by atoms with Crippen LogP contribution in [0.5, 0.6) is 0 Å². The van der Waals surface area contributed by atoms with E-state index in [1.54, 1.807) is 37.3 Å². The van der Waals surface area contributed by atoms with Gasteiger partial charge in [-0.15, -0.1) is 0 Å². The molecule has 1 N–H and O–H groups in total. The molecular weight excluding hydrogens is 392 g/mol. The first-order valence-electron chi connectivity index (χ1n) is 9.62. The maximum Gasteiger partial charge on any atom is 0.352 e. The van der Waals surface area contributed by atoms with Crippen molar-refractivity contribution in [3.8, 4) is 17.2 Å². The van der Waals surface area contributed by atoms with Crippen molar-refractivity contribution in [3.05, 3.63) is 57.1 Å². The molecule has 1 aliphatic rings. The van der Waals surface area contributed by atoms with Gasteiger partial charge in [0.1, 0.15) is 0 Å². The second-order valence-electron chi connectivity index (χ2n) is 6.70. The number of ether oxygens (including phenoxy) is 1.